The first-order valence-corrected chi connectivity index (χ1v) is 8.86. The highest BCUT2D eigenvalue weighted by Crippen LogP contribution is 2.29. The lowest BCUT2D eigenvalue weighted by molar-refractivity contribution is -0.121. The van der Waals surface area contributed by atoms with Gasteiger partial charge in [0.2, 0.25) is 5.91 Å². The fourth-order valence-corrected chi connectivity index (χ4v) is 3.59. The zero-order valence-electron chi connectivity index (χ0n) is 12.9. The summed E-state index contributed by atoms with van der Waals surface area (Å²) in [4.78, 5) is 23.9. The third kappa shape index (κ3) is 3.99. The quantitative estimate of drug-likeness (QED) is 0.886. The molecule has 120 valence electrons. The fraction of sp³-hybridized carbons (Fsp3) is 0.333. The second-order valence-electron chi connectivity index (χ2n) is 5.73. The third-order valence-electron chi connectivity index (χ3n) is 4.13. The van der Waals surface area contributed by atoms with E-state index in [2.05, 4.69) is 22.8 Å². The molecule has 0 saturated heterocycles. The predicted molar refractivity (Wildman–Crippen MR) is 91.5 cm³/mol. The summed E-state index contributed by atoms with van der Waals surface area (Å²) in [6.07, 6.45) is 3.45. The summed E-state index contributed by atoms with van der Waals surface area (Å²) in [5.74, 6) is -0.139. The molecule has 5 heteroatoms. The molecule has 1 aliphatic carbocycles. The van der Waals surface area contributed by atoms with Crippen LogP contribution in [-0.2, 0) is 11.2 Å². The van der Waals surface area contributed by atoms with Crippen LogP contribution in [0.5, 0.6) is 0 Å². The number of amides is 2. The maximum absolute atomic E-state index is 12.1. The monoisotopic (exact) mass is 328 g/mol. The van der Waals surface area contributed by atoms with Crippen LogP contribution in [0.1, 0.15) is 46.8 Å². The van der Waals surface area contributed by atoms with Crippen molar-refractivity contribution in [1.29, 1.82) is 0 Å². The van der Waals surface area contributed by atoms with E-state index in [1.54, 1.807) is 11.4 Å². The molecule has 2 amide bonds. The van der Waals surface area contributed by atoms with Crippen LogP contribution in [0.15, 0.2) is 41.1 Å². The Morgan fingerprint density at radius 1 is 1.22 bits per heavy atom. The average molecular weight is 328 g/mol. The molecule has 1 aromatic heterocycles. The van der Waals surface area contributed by atoms with E-state index in [9.17, 15) is 9.59 Å². The number of nitrogens with one attached hydrogen (secondary N) is 2. The Labute approximate surface area is 139 Å². The first-order valence-electron chi connectivity index (χ1n) is 7.91. The van der Waals surface area contributed by atoms with Gasteiger partial charge in [-0.3, -0.25) is 9.59 Å². The van der Waals surface area contributed by atoms with E-state index >= 15 is 0 Å². The molecule has 0 bridgehead atoms. The molecule has 0 fully saturated rings. The predicted octanol–water partition coefficient (Wildman–Crippen LogP) is 3.06. The van der Waals surface area contributed by atoms with Crippen LogP contribution in [0.4, 0.5) is 0 Å². The van der Waals surface area contributed by atoms with Gasteiger partial charge in [0.25, 0.3) is 5.91 Å². The van der Waals surface area contributed by atoms with Gasteiger partial charge in [-0.05, 0) is 41.8 Å². The van der Waals surface area contributed by atoms with E-state index in [1.807, 2.05) is 17.5 Å². The molecule has 1 aromatic carbocycles. The molecule has 4 nitrogen and oxygen atoms in total. The Bertz CT molecular complexity index is 682. The molecule has 0 saturated carbocycles. The number of hydrogen-bond acceptors (Lipinski definition) is 3. The standard InChI is InChI=1S/C18H20N2O2S/c21-17(8-10-19-18(22)14-9-11-23-12-14)20-16-7-3-5-13-4-1-2-6-15(13)16/h1-2,4,6,9,11-12,16H,3,5,7-8,10H2,(H,19,22)(H,20,21). The summed E-state index contributed by atoms with van der Waals surface area (Å²) >= 11 is 1.48. The highest BCUT2D eigenvalue weighted by atomic mass is 32.1. The van der Waals surface area contributed by atoms with Gasteiger partial charge in [0.15, 0.2) is 0 Å². The smallest absolute Gasteiger partial charge is 0.252 e. The van der Waals surface area contributed by atoms with Gasteiger partial charge in [0, 0.05) is 23.9 Å². The summed E-state index contributed by atoms with van der Waals surface area (Å²) in [5, 5.41) is 9.54. The molecular weight excluding hydrogens is 308 g/mol. The number of aryl methyl sites for hydroxylation is 1. The molecule has 1 unspecified atom stereocenters. The lowest BCUT2D eigenvalue weighted by Gasteiger charge is -2.26. The van der Waals surface area contributed by atoms with Gasteiger partial charge in [0.05, 0.1) is 6.04 Å². The molecule has 23 heavy (non-hydrogen) atoms. The zero-order chi connectivity index (χ0) is 16.1. The number of benzene rings is 1. The molecule has 0 spiro atoms. The minimum absolute atomic E-state index is 0.0164. The topological polar surface area (TPSA) is 58.2 Å². The van der Waals surface area contributed by atoms with Crippen molar-refractivity contribution in [2.24, 2.45) is 0 Å². The highest BCUT2D eigenvalue weighted by molar-refractivity contribution is 7.08. The van der Waals surface area contributed by atoms with Gasteiger partial charge >= 0.3 is 0 Å². The zero-order valence-corrected chi connectivity index (χ0v) is 13.7. The molecular formula is C18H20N2O2S. The molecule has 0 radical (unpaired) electrons. The van der Waals surface area contributed by atoms with Gasteiger partial charge in [-0.25, -0.2) is 0 Å². The lowest BCUT2D eigenvalue weighted by Crippen LogP contribution is -2.34. The van der Waals surface area contributed by atoms with Gasteiger partial charge in [-0.1, -0.05) is 24.3 Å². The van der Waals surface area contributed by atoms with E-state index in [1.165, 1.54) is 22.5 Å². The van der Waals surface area contributed by atoms with Crippen molar-refractivity contribution >= 4 is 23.2 Å². The number of hydrogen-bond donors (Lipinski definition) is 2. The molecule has 1 aliphatic rings. The number of carbonyl (C=O) groups excluding carboxylic acids is 2. The number of rotatable bonds is 5. The number of carbonyl (C=O) groups is 2. The summed E-state index contributed by atoms with van der Waals surface area (Å²) in [7, 11) is 0. The highest BCUT2D eigenvalue weighted by Gasteiger charge is 2.21. The first kappa shape index (κ1) is 15.7. The van der Waals surface area contributed by atoms with E-state index in [4.69, 9.17) is 0 Å². The van der Waals surface area contributed by atoms with Crippen LogP contribution in [0.2, 0.25) is 0 Å². The third-order valence-corrected chi connectivity index (χ3v) is 4.81. The van der Waals surface area contributed by atoms with Crippen LogP contribution in [0.25, 0.3) is 0 Å². The van der Waals surface area contributed by atoms with Crippen LogP contribution in [0, 0.1) is 0 Å². The van der Waals surface area contributed by atoms with Gasteiger partial charge in [-0.2, -0.15) is 11.3 Å². The van der Waals surface area contributed by atoms with Crippen molar-refractivity contribution in [2.45, 2.75) is 31.7 Å². The van der Waals surface area contributed by atoms with Crippen molar-refractivity contribution in [3.63, 3.8) is 0 Å². The van der Waals surface area contributed by atoms with Crippen molar-refractivity contribution in [3.05, 3.63) is 57.8 Å². The Morgan fingerprint density at radius 3 is 2.91 bits per heavy atom. The van der Waals surface area contributed by atoms with E-state index < -0.39 is 0 Å². The molecule has 2 aromatic rings. The van der Waals surface area contributed by atoms with E-state index in [-0.39, 0.29) is 17.9 Å². The molecule has 1 heterocycles. The maximum atomic E-state index is 12.1. The Balaban J connectivity index is 1.48. The Morgan fingerprint density at radius 2 is 2.09 bits per heavy atom. The van der Waals surface area contributed by atoms with Crippen molar-refractivity contribution in [2.75, 3.05) is 6.54 Å². The minimum Gasteiger partial charge on any atom is -0.351 e. The molecule has 0 aliphatic heterocycles. The number of fused-ring (bicyclic) bond motifs is 1. The minimum atomic E-state index is -0.123. The number of thiophene rings is 1. The lowest BCUT2D eigenvalue weighted by atomic mass is 9.88. The van der Waals surface area contributed by atoms with Crippen LogP contribution < -0.4 is 10.6 Å². The SMILES string of the molecule is O=C(CCNC(=O)c1ccsc1)NC1CCCc2ccccc21. The molecule has 2 N–H and O–H groups in total. The van der Waals surface area contributed by atoms with Gasteiger partial charge in [0.1, 0.15) is 0 Å². The normalized spacial score (nSPS) is 16.4. The summed E-state index contributed by atoms with van der Waals surface area (Å²) in [5.41, 5.74) is 3.21. The van der Waals surface area contributed by atoms with E-state index in [0.29, 0.717) is 18.5 Å². The van der Waals surface area contributed by atoms with Crippen LogP contribution in [-0.4, -0.2) is 18.4 Å². The Kier molecular flexibility index (Phi) is 5.08. The fourth-order valence-electron chi connectivity index (χ4n) is 2.96. The second kappa shape index (κ2) is 7.42. The molecule has 1 atom stereocenters. The van der Waals surface area contributed by atoms with Gasteiger partial charge < -0.3 is 10.6 Å². The second-order valence-corrected chi connectivity index (χ2v) is 6.51. The van der Waals surface area contributed by atoms with Crippen molar-refractivity contribution in [3.8, 4) is 0 Å². The molecule has 3 rings (SSSR count). The van der Waals surface area contributed by atoms with Crippen molar-refractivity contribution < 1.29 is 9.59 Å². The van der Waals surface area contributed by atoms with Crippen LogP contribution in [0.3, 0.4) is 0 Å². The average Bonchev–Trinajstić information content (AvgIpc) is 3.10. The van der Waals surface area contributed by atoms with Crippen molar-refractivity contribution in [1.82, 2.24) is 10.6 Å². The van der Waals surface area contributed by atoms with E-state index in [0.717, 1.165) is 19.3 Å². The van der Waals surface area contributed by atoms with Crippen LogP contribution >= 0.6 is 11.3 Å². The Hall–Kier alpha value is -2.14. The first-order chi connectivity index (χ1) is 11.2. The summed E-state index contributed by atoms with van der Waals surface area (Å²) in [6, 6.07) is 10.2. The van der Waals surface area contributed by atoms with Gasteiger partial charge in [-0.15, -0.1) is 0 Å². The largest absolute Gasteiger partial charge is 0.351 e. The summed E-state index contributed by atoms with van der Waals surface area (Å²) < 4.78 is 0. The maximum Gasteiger partial charge on any atom is 0.252 e. The summed E-state index contributed by atoms with van der Waals surface area (Å²) in [6.45, 7) is 0.356.